The maximum atomic E-state index is 5.77. The molecule has 1 aliphatic rings. The molecule has 4 heterocycles. The minimum absolute atomic E-state index is 0.0124. The molecule has 1 N–H and O–H groups in total. The summed E-state index contributed by atoms with van der Waals surface area (Å²) in [7, 11) is 4.18. The van der Waals surface area contributed by atoms with Crippen LogP contribution in [0.25, 0.3) is 0 Å². The van der Waals surface area contributed by atoms with Crippen LogP contribution < -0.4 is 5.32 Å². The van der Waals surface area contributed by atoms with Crippen molar-refractivity contribution >= 4 is 17.3 Å². The van der Waals surface area contributed by atoms with E-state index in [9.17, 15) is 0 Å². The lowest BCUT2D eigenvalue weighted by molar-refractivity contribution is 0.277. The first-order valence-electron chi connectivity index (χ1n) is 10.3. The molecule has 7 heteroatoms. The molecule has 1 aliphatic heterocycles. The number of aromatic nitrogens is 2. The minimum atomic E-state index is 0.0124. The molecular weight excluding hydrogens is 394 g/mol. The van der Waals surface area contributed by atoms with Gasteiger partial charge in [-0.2, -0.15) is 0 Å². The van der Waals surface area contributed by atoms with E-state index in [0.29, 0.717) is 0 Å². The molecule has 1 saturated heterocycles. The van der Waals surface area contributed by atoms with Gasteiger partial charge in [0, 0.05) is 30.7 Å². The highest BCUT2D eigenvalue weighted by Gasteiger charge is 2.41. The van der Waals surface area contributed by atoms with Gasteiger partial charge in [-0.1, -0.05) is 6.07 Å². The second-order valence-electron chi connectivity index (χ2n) is 8.12. The van der Waals surface area contributed by atoms with E-state index in [4.69, 9.17) is 16.6 Å². The summed E-state index contributed by atoms with van der Waals surface area (Å²) in [6.07, 6.45) is 3.57. The summed E-state index contributed by atoms with van der Waals surface area (Å²) in [5, 5.41) is 4.33. The largest absolute Gasteiger partial charge is 0.467 e. The molecule has 0 spiro atoms. The first-order valence-corrected chi connectivity index (χ1v) is 10.7. The van der Waals surface area contributed by atoms with E-state index in [-0.39, 0.29) is 12.1 Å². The summed E-state index contributed by atoms with van der Waals surface area (Å²) < 4.78 is 7.91. The van der Waals surface area contributed by atoms with Crippen LogP contribution in [0.4, 0.5) is 0 Å². The first-order chi connectivity index (χ1) is 14.5. The van der Waals surface area contributed by atoms with Crippen LogP contribution in [0.3, 0.4) is 0 Å². The summed E-state index contributed by atoms with van der Waals surface area (Å²) in [4.78, 5) is 9.14. The van der Waals surface area contributed by atoms with Gasteiger partial charge in [-0.3, -0.25) is 4.98 Å². The Bertz CT molecular complexity index is 996. The Kier molecular flexibility index (Phi) is 5.92. The molecule has 0 aliphatic carbocycles. The average Bonchev–Trinajstić information content (AvgIpc) is 3.42. The number of pyridine rings is 1. The number of thiocarbonyl (C=S) groups is 1. The van der Waals surface area contributed by atoms with Gasteiger partial charge in [0.1, 0.15) is 5.76 Å². The van der Waals surface area contributed by atoms with Gasteiger partial charge in [0.15, 0.2) is 5.11 Å². The zero-order chi connectivity index (χ0) is 21.3. The number of likely N-dealkylation sites (N-methyl/N-ethyl adjacent to an activating group) is 1. The second kappa shape index (κ2) is 8.62. The molecule has 30 heavy (non-hydrogen) atoms. The Hall–Kier alpha value is -2.64. The van der Waals surface area contributed by atoms with Crippen molar-refractivity contribution in [1.82, 2.24) is 24.7 Å². The van der Waals surface area contributed by atoms with Crippen molar-refractivity contribution in [2.75, 3.05) is 27.2 Å². The lowest BCUT2D eigenvalue weighted by atomic mass is 9.97. The molecule has 3 aromatic rings. The number of hydrogen-bond donors (Lipinski definition) is 1. The van der Waals surface area contributed by atoms with Crippen molar-refractivity contribution in [2.45, 2.75) is 32.5 Å². The predicted molar refractivity (Wildman–Crippen MR) is 122 cm³/mol. The second-order valence-corrected chi connectivity index (χ2v) is 8.50. The van der Waals surface area contributed by atoms with Gasteiger partial charge in [-0.15, -0.1) is 0 Å². The molecule has 1 fully saturated rings. The average molecular weight is 424 g/mol. The Morgan fingerprint density at radius 3 is 2.70 bits per heavy atom. The predicted octanol–water partition coefficient (Wildman–Crippen LogP) is 3.68. The Morgan fingerprint density at radius 2 is 2.03 bits per heavy atom. The maximum Gasteiger partial charge on any atom is 0.170 e. The highest BCUT2D eigenvalue weighted by Crippen LogP contribution is 2.40. The number of hydrogen-bond acceptors (Lipinski definition) is 4. The van der Waals surface area contributed by atoms with Crippen LogP contribution in [-0.4, -0.2) is 51.6 Å². The number of rotatable bonds is 7. The monoisotopic (exact) mass is 423 g/mol. The fourth-order valence-electron chi connectivity index (χ4n) is 4.22. The molecule has 0 saturated carbocycles. The Labute approximate surface area is 183 Å². The van der Waals surface area contributed by atoms with Crippen molar-refractivity contribution in [3.05, 3.63) is 77.3 Å². The lowest BCUT2D eigenvalue weighted by Gasteiger charge is -2.29. The quantitative estimate of drug-likeness (QED) is 0.585. The third-order valence-corrected chi connectivity index (χ3v) is 6.16. The molecule has 2 atom stereocenters. The van der Waals surface area contributed by atoms with Gasteiger partial charge >= 0.3 is 0 Å². The number of nitrogens with zero attached hydrogens (tertiary/aromatic N) is 4. The van der Waals surface area contributed by atoms with Crippen molar-refractivity contribution < 1.29 is 4.42 Å². The van der Waals surface area contributed by atoms with E-state index in [1.54, 1.807) is 6.26 Å². The number of furan rings is 1. The summed E-state index contributed by atoms with van der Waals surface area (Å²) in [6.45, 7) is 6.85. The maximum absolute atomic E-state index is 5.77. The zero-order valence-corrected chi connectivity index (χ0v) is 18.8. The highest BCUT2D eigenvalue weighted by atomic mass is 32.1. The molecule has 0 amide bonds. The van der Waals surface area contributed by atoms with Crippen LogP contribution in [0.2, 0.25) is 0 Å². The Balaban J connectivity index is 1.74. The molecule has 4 rings (SSSR count). The van der Waals surface area contributed by atoms with E-state index in [1.807, 2.05) is 30.5 Å². The minimum Gasteiger partial charge on any atom is -0.467 e. The number of nitrogens with one attached hydrogen (secondary N) is 1. The van der Waals surface area contributed by atoms with Gasteiger partial charge in [-0.05, 0) is 76.1 Å². The molecule has 0 radical (unpaired) electrons. The summed E-state index contributed by atoms with van der Waals surface area (Å²) in [5.74, 6) is 0.953. The molecule has 158 valence electrons. The van der Waals surface area contributed by atoms with E-state index in [1.165, 1.54) is 17.0 Å². The van der Waals surface area contributed by atoms with Crippen LogP contribution in [0.15, 0.2) is 53.3 Å². The van der Waals surface area contributed by atoms with Crippen LogP contribution >= 0.6 is 12.2 Å². The van der Waals surface area contributed by atoms with Gasteiger partial charge in [0.05, 0.1) is 30.6 Å². The van der Waals surface area contributed by atoms with Gasteiger partial charge in [0.2, 0.25) is 0 Å². The smallest absolute Gasteiger partial charge is 0.170 e. The van der Waals surface area contributed by atoms with E-state index in [2.05, 4.69) is 64.7 Å². The summed E-state index contributed by atoms with van der Waals surface area (Å²) >= 11 is 5.77. The molecule has 3 aromatic heterocycles. The van der Waals surface area contributed by atoms with E-state index in [0.717, 1.165) is 36.2 Å². The van der Waals surface area contributed by atoms with Crippen molar-refractivity contribution in [1.29, 1.82) is 0 Å². The standard InChI is InChI=1S/C23H29N5OS/c1-16-14-19(17(2)28(16)15-18-8-7-13-29-18)22-21(20-9-5-6-10-24-20)25-23(30)27(22)12-11-26(3)4/h5-10,13-14,21-22H,11-12,15H2,1-4H3,(H,25,30)/t21-,22+/m1/s1. The SMILES string of the molecule is Cc1cc([C@H]2[C@@H](c3ccccn3)NC(=S)N2CCN(C)C)c(C)n1Cc1ccco1. The molecule has 0 aromatic carbocycles. The number of aryl methyl sites for hydroxylation is 1. The van der Waals surface area contributed by atoms with Crippen LogP contribution in [0.1, 0.15) is 40.5 Å². The topological polar surface area (TPSA) is 49.5 Å². The van der Waals surface area contributed by atoms with Crippen molar-refractivity contribution in [3.8, 4) is 0 Å². The van der Waals surface area contributed by atoms with Crippen LogP contribution in [0, 0.1) is 13.8 Å². The van der Waals surface area contributed by atoms with Gasteiger partial charge in [0.25, 0.3) is 0 Å². The molecular formula is C23H29N5OS. The van der Waals surface area contributed by atoms with E-state index >= 15 is 0 Å². The fourth-order valence-corrected chi connectivity index (χ4v) is 4.55. The fraction of sp³-hybridized carbons (Fsp3) is 0.391. The molecule has 0 unspecified atom stereocenters. The van der Waals surface area contributed by atoms with Gasteiger partial charge < -0.3 is 24.1 Å². The molecule has 0 bridgehead atoms. The highest BCUT2D eigenvalue weighted by molar-refractivity contribution is 7.80. The summed E-state index contributed by atoms with van der Waals surface area (Å²) in [6, 6.07) is 12.4. The van der Waals surface area contributed by atoms with E-state index < -0.39 is 0 Å². The van der Waals surface area contributed by atoms with Crippen molar-refractivity contribution in [2.24, 2.45) is 0 Å². The van der Waals surface area contributed by atoms with Crippen LogP contribution in [-0.2, 0) is 6.54 Å². The third kappa shape index (κ3) is 4.00. The first kappa shape index (κ1) is 20.6. The Morgan fingerprint density at radius 1 is 1.20 bits per heavy atom. The normalized spacial score (nSPS) is 19.0. The third-order valence-electron chi connectivity index (χ3n) is 5.81. The lowest BCUT2D eigenvalue weighted by Crippen LogP contribution is -2.35. The molecule has 6 nitrogen and oxygen atoms in total. The summed E-state index contributed by atoms with van der Waals surface area (Å²) in [5.41, 5.74) is 4.73. The van der Waals surface area contributed by atoms with Gasteiger partial charge in [-0.25, -0.2) is 0 Å². The van der Waals surface area contributed by atoms with Crippen molar-refractivity contribution in [3.63, 3.8) is 0 Å². The van der Waals surface area contributed by atoms with Crippen LogP contribution in [0.5, 0.6) is 0 Å². The zero-order valence-electron chi connectivity index (χ0n) is 18.0.